The van der Waals surface area contributed by atoms with Crippen LogP contribution in [0.5, 0.6) is 11.5 Å². The number of nitrogens with one attached hydrogen (secondary N) is 1. The number of hydrogen-bond donors (Lipinski definition) is 1. The fourth-order valence-corrected chi connectivity index (χ4v) is 4.20. The number of piperazine rings is 1. The van der Waals surface area contributed by atoms with Gasteiger partial charge < -0.3 is 19.7 Å². The molecule has 3 aliphatic rings. The highest BCUT2D eigenvalue weighted by molar-refractivity contribution is 6.00. The molecule has 8 heteroatoms. The van der Waals surface area contributed by atoms with E-state index in [0.29, 0.717) is 42.3 Å². The number of fused-ring (bicyclic) bond motifs is 2. The lowest BCUT2D eigenvalue weighted by atomic mass is 10.0. The van der Waals surface area contributed by atoms with E-state index in [9.17, 15) is 14.4 Å². The monoisotopic (exact) mass is 421 g/mol. The second kappa shape index (κ2) is 8.03. The number of rotatable bonds is 4. The number of esters is 1. The molecule has 0 unspecified atom stereocenters. The molecule has 0 saturated carbocycles. The third kappa shape index (κ3) is 4.11. The van der Waals surface area contributed by atoms with Gasteiger partial charge >= 0.3 is 5.97 Å². The van der Waals surface area contributed by atoms with Crippen molar-refractivity contribution in [2.24, 2.45) is 0 Å². The Hall–Kier alpha value is -3.39. The van der Waals surface area contributed by atoms with Gasteiger partial charge in [0.15, 0.2) is 5.78 Å². The van der Waals surface area contributed by atoms with Crippen molar-refractivity contribution >= 4 is 29.0 Å². The maximum Gasteiger partial charge on any atom is 0.315 e. The molecule has 0 radical (unpaired) electrons. The molecule has 3 heterocycles. The van der Waals surface area contributed by atoms with Crippen molar-refractivity contribution in [3.05, 3.63) is 47.5 Å². The average Bonchev–Trinajstić information content (AvgIpc) is 3.13. The van der Waals surface area contributed by atoms with E-state index < -0.39 is 0 Å². The van der Waals surface area contributed by atoms with E-state index in [1.807, 2.05) is 24.3 Å². The fourth-order valence-electron chi connectivity index (χ4n) is 4.20. The van der Waals surface area contributed by atoms with Crippen LogP contribution in [0.1, 0.15) is 22.3 Å². The Kier molecular flexibility index (Phi) is 5.07. The molecule has 1 amide bonds. The molecule has 0 aromatic heterocycles. The van der Waals surface area contributed by atoms with Crippen LogP contribution in [0.4, 0.5) is 11.4 Å². The molecule has 5 rings (SSSR count). The summed E-state index contributed by atoms with van der Waals surface area (Å²) in [6.07, 6.45) is 0.700. The molecule has 0 aliphatic carbocycles. The van der Waals surface area contributed by atoms with Crippen LogP contribution in [0.15, 0.2) is 36.4 Å². The van der Waals surface area contributed by atoms with Crippen molar-refractivity contribution < 1.29 is 23.9 Å². The largest absolute Gasteiger partial charge is 0.492 e. The van der Waals surface area contributed by atoms with Crippen molar-refractivity contribution in [3.63, 3.8) is 0 Å². The Labute approximate surface area is 179 Å². The highest BCUT2D eigenvalue weighted by Crippen LogP contribution is 2.30. The van der Waals surface area contributed by atoms with Gasteiger partial charge in [0.1, 0.15) is 11.5 Å². The molecule has 0 bridgehead atoms. The Morgan fingerprint density at radius 3 is 2.68 bits per heavy atom. The quantitative estimate of drug-likeness (QED) is 0.596. The number of benzene rings is 2. The first-order valence-electron chi connectivity index (χ1n) is 10.5. The number of carbonyl (C=O) groups is 3. The second-order valence-electron chi connectivity index (χ2n) is 7.99. The van der Waals surface area contributed by atoms with Gasteiger partial charge in [-0.25, -0.2) is 0 Å². The third-order valence-electron chi connectivity index (χ3n) is 5.86. The maximum absolute atomic E-state index is 12.5. The molecule has 8 nitrogen and oxygen atoms in total. The van der Waals surface area contributed by atoms with E-state index in [4.69, 9.17) is 9.47 Å². The van der Waals surface area contributed by atoms with Crippen molar-refractivity contribution in [1.82, 2.24) is 4.90 Å². The summed E-state index contributed by atoms with van der Waals surface area (Å²) >= 11 is 0. The van der Waals surface area contributed by atoms with Gasteiger partial charge in [0, 0.05) is 55.6 Å². The molecular weight excluding hydrogens is 398 g/mol. The van der Waals surface area contributed by atoms with Crippen LogP contribution in [0.3, 0.4) is 0 Å². The number of amides is 1. The van der Waals surface area contributed by atoms with Gasteiger partial charge in [-0.2, -0.15) is 0 Å². The molecular formula is C23H23N3O5. The summed E-state index contributed by atoms with van der Waals surface area (Å²) in [6, 6.07) is 11.1. The molecule has 160 valence electrons. The molecule has 1 saturated heterocycles. The number of nitrogens with zero attached hydrogens (tertiary/aromatic N) is 2. The molecule has 1 fully saturated rings. The summed E-state index contributed by atoms with van der Waals surface area (Å²) in [5, 5.41) is 2.88. The van der Waals surface area contributed by atoms with Gasteiger partial charge in [0.05, 0.1) is 25.1 Å². The van der Waals surface area contributed by atoms with E-state index in [0.717, 1.165) is 37.4 Å². The lowest BCUT2D eigenvalue weighted by Crippen LogP contribution is -2.48. The first-order chi connectivity index (χ1) is 15.0. The number of ether oxygens (including phenoxy) is 2. The summed E-state index contributed by atoms with van der Waals surface area (Å²) in [5.74, 6) is 0.933. The van der Waals surface area contributed by atoms with Crippen molar-refractivity contribution in [2.45, 2.75) is 12.8 Å². The standard InChI is InChI=1S/C23H23N3O5/c27-19-5-10-30-20-4-3-17(13-18(19)20)26-8-6-25(7-9-26)14-22(28)24-16-2-1-15-11-23(29)31-21(15)12-16/h1-4,12-13H,5-11,14H2,(H,24,28). The predicted octanol–water partition coefficient (Wildman–Crippen LogP) is 1.87. The normalized spacial score (nSPS) is 18.1. The van der Waals surface area contributed by atoms with Gasteiger partial charge in [0.2, 0.25) is 5.91 Å². The van der Waals surface area contributed by atoms with Gasteiger partial charge in [-0.05, 0) is 24.3 Å². The topological polar surface area (TPSA) is 88.2 Å². The van der Waals surface area contributed by atoms with Crippen molar-refractivity contribution in [3.8, 4) is 11.5 Å². The van der Waals surface area contributed by atoms with Crippen LogP contribution in [0.25, 0.3) is 0 Å². The highest BCUT2D eigenvalue weighted by atomic mass is 16.5. The number of carbonyl (C=O) groups excluding carboxylic acids is 3. The summed E-state index contributed by atoms with van der Waals surface area (Å²) in [4.78, 5) is 40.3. The van der Waals surface area contributed by atoms with Crippen molar-refractivity contribution in [1.29, 1.82) is 0 Å². The smallest absolute Gasteiger partial charge is 0.315 e. The van der Waals surface area contributed by atoms with E-state index in [1.54, 1.807) is 12.1 Å². The first kappa shape index (κ1) is 19.6. The Morgan fingerprint density at radius 2 is 1.84 bits per heavy atom. The minimum atomic E-state index is -0.271. The second-order valence-corrected chi connectivity index (χ2v) is 7.99. The average molecular weight is 421 g/mol. The summed E-state index contributed by atoms with van der Waals surface area (Å²) < 4.78 is 10.7. The van der Waals surface area contributed by atoms with Gasteiger partial charge in [-0.1, -0.05) is 6.07 Å². The van der Waals surface area contributed by atoms with Crippen LogP contribution in [0.2, 0.25) is 0 Å². The number of anilines is 2. The van der Waals surface area contributed by atoms with Crippen LogP contribution in [-0.2, 0) is 16.0 Å². The fraction of sp³-hybridized carbons (Fsp3) is 0.348. The number of hydrogen-bond acceptors (Lipinski definition) is 7. The molecule has 0 atom stereocenters. The van der Waals surface area contributed by atoms with Crippen LogP contribution >= 0.6 is 0 Å². The van der Waals surface area contributed by atoms with Crippen LogP contribution in [-0.4, -0.2) is 61.9 Å². The highest BCUT2D eigenvalue weighted by Gasteiger charge is 2.24. The van der Waals surface area contributed by atoms with E-state index in [2.05, 4.69) is 15.1 Å². The van der Waals surface area contributed by atoms with Crippen LogP contribution in [0, 0.1) is 0 Å². The molecule has 0 spiro atoms. The van der Waals surface area contributed by atoms with Gasteiger partial charge in [0.25, 0.3) is 0 Å². The van der Waals surface area contributed by atoms with E-state index in [1.165, 1.54) is 0 Å². The molecule has 2 aromatic carbocycles. The third-order valence-corrected chi connectivity index (χ3v) is 5.86. The maximum atomic E-state index is 12.5. The lowest BCUT2D eigenvalue weighted by Gasteiger charge is -2.36. The Morgan fingerprint density at radius 1 is 1.00 bits per heavy atom. The minimum Gasteiger partial charge on any atom is -0.492 e. The molecule has 31 heavy (non-hydrogen) atoms. The van der Waals surface area contributed by atoms with Crippen LogP contribution < -0.4 is 19.7 Å². The number of Topliss-reactive ketones (excluding diaryl/α,β-unsaturated/α-hetero) is 1. The summed E-state index contributed by atoms with van der Waals surface area (Å²) in [7, 11) is 0. The minimum absolute atomic E-state index is 0.103. The summed E-state index contributed by atoms with van der Waals surface area (Å²) in [5.41, 5.74) is 3.13. The predicted molar refractivity (Wildman–Crippen MR) is 114 cm³/mol. The SMILES string of the molecule is O=C(CN1CCN(c2ccc3c(c2)C(=O)CCO3)CC1)Nc1ccc2c(c1)OC(=O)C2. The molecule has 1 N–H and O–H groups in total. The zero-order chi connectivity index (χ0) is 21.4. The van der Waals surface area contributed by atoms with E-state index >= 15 is 0 Å². The zero-order valence-corrected chi connectivity index (χ0v) is 17.1. The zero-order valence-electron chi connectivity index (χ0n) is 17.1. The van der Waals surface area contributed by atoms with Crippen molar-refractivity contribution in [2.75, 3.05) is 49.5 Å². The summed E-state index contributed by atoms with van der Waals surface area (Å²) in [6.45, 7) is 3.78. The number of ketones is 1. The Balaban J connectivity index is 1.15. The van der Waals surface area contributed by atoms with E-state index in [-0.39, 0.29) is 24.1 Å². The van der Waals surface area contributed by atoms with Gasteiger partial charge in [-0.3, -0.25) is 19.3 Å². The molecule has 3 aliphatic heterocycles. The Bertz CT molecular complexity index is 1060. The first-order valence-corrected chi connectivity index (χ1v) is 10.5. The molecule has 2 aromatic rings. The lowest BCUT2D eigenvalue weighted by molar-refractivity contribution is -0.131. The van der Waals surface area contributed by atoms with Gasteiger partial charge in [-0.15, -0.1) is 0 Å².